The summed E-state index contributed by atoms with van der Waals surface area (Å²) in [6, 6.07) is 15.9. The fourth-order valence-corrected chi connectivity index (χ4v) is 5.68. The Bertz CT molecular complexity index is 1490. The molecule has 0 aliphatic heterocycles. The SMILES string of the molecule is CCC(CC)C(=O)/C=C(\O)C(CC)CC.Cc1cnc2c(c1)C(C)(C)c1cccc3oc4cc[c-]c-2c4c13.[Ir]. The first-order valence-electron chi connectivity index (χ1n) is 14.0. The molecule has 0 spiro atoms. The number of allylic oxidation sites excluding steroid dienone is 2. The quantitative estimate of drug-likeness (QED) is 0.119. The molecule has 5 heteroatoms. The van der Waals surface area contributed by atoms with Gasteiger partial charge < -0.3 is 14.5 Å². The number of hydrogen-bond donors (Lipinski definition) is 1. The van der Waals surface area contributed by atoms with Crippen LogP contribution < -0.4 is 0 Å². The van der Waals surface area contributed by atoms with Crippen LogP contribution in [0.1, 0.15) is 83.9 Å². The molecular weight excluding hydrogens is 663 g/mol. The van der Waals surface area contributed by atoms with Crippen LogP contribution in [0.3, 0.4) is 0 Å². The van der Waals surface area contributed by atoms with Crippen LogP contribution in [-0.2, 0) is 30.3 Å². The van der Waals surface area contributed by atoms with E-state index in [1.807, 2.05) is 52.1 Å². The number of aliphatic hydroxyl groups excluding tert-OH is 1. The van der Waals surface area contributed by atoms with E-state index in [2.05, 4.69) is 45.0 Å². The van der Waals surface area contributed by atoms with E-state index in [0.717, 1.165) is 53.5 Å². The van der Waals surface area contributed by atoms with Crippen molar-refractivity contribution < 1.29 is 34.4 Å². The summed E-state index contributed by atoms with van der Waals surface area (Å²) in [6.45, 7) is 14.7. The zero-order valence-electron chi connectivity index (χ0n) is 24.1. The Morgan fingerprint density at radius 3 is 2.28 bits per heavy atom. The fourth-order valence-electron chi connectivity index (χ4n) is 5.68. The molecule has 0 bridgehead atoms. The number of aliphatic hydroxyl groups is 1. The maximum atomic E-state index is 11.7. The first kappa shape index (κ1) is 30.8. The molecule has 2 aromatic carbocycles. The van der Waals surface area contributed by atoms with Crippen LogP contribution >= 0.6 is 0 Å². The van der Waals surface area contributed by atoms with E-state index in [9.17, 15) is 9.90 Å². The van der Waals surface area contributed by atoms with Gasteiger partial charge in [-0.05, 0) is 60.9 Å². The van der Waals surface area contributed by atoms with E-state index in [-0.39, 0.29) is 48.9 Å². The van der Waals surface area contributed by atoms with Crippen LogP contribution in [0.15, 0.2) is 58.8 Å². The maximum absolute atomic E-state index is 11.7. The summed E-state index contributed by atoms with van der Waals surface area (Å²) in [4.78, 5) is 16.5. The predicted molar refractivity (Wildman–Crippen MR) is 157 cm³/mol. The molecule has 5 rings (SSSR count). The topological polar surface area (TPSA) is 63.3 Å². The molecule has 1 N–H and O–H groups in total. The van der Waals surface area contributed by atoms with Crippen molar-refractivity contribution in [3.05, 3.63) is 77.2 Å². The Morgan fingerprint density at radius 1 is 1.00 bits per heavy atom. The van der Waals surface area contributed by atoms with Crippen LogP contribution in [0, 0.1) is 24.8 Å². The molecule has 1 aliphatic carbocycles. The molecule has 0 saturated carbocycles. The molecule has 0 fully saturated rings. The van der Waals surface area contributed by atoms with Gasteiger partial charge >= 0.3 is 0 Å². The number of carbonyl (C=O) groups excluding carboxylic acids is 1. The minimum absolute atomic E-state index is 0. The van der Waals surface area contributed by atoms with Gasteiger partial charge in [0.15, 0.2) is 5.78 Å². The van der Waals surface area contributed by atoms with Crippen molar-refractivity contribution in [2.24, 2.45) is 11.8 Å². The number of rotatable bonds is 7. The van der Waals surface area contributed by atoms with Gasteiger partial charge in [0.25, 0.3) is 0 Å². The van der Waals surface area contributed by atoms with E-state index in [4.69, 9.17) is 9.40 Å². The van der Waals surface area contributed by atoms with E-state index in [1.54, 1.807) is 0 Å². The number of carbonyl (C=O) groups is 1. The number of benzene rings is 2. The number of furan rings is 1. The van der Waals surface area contributed by atoms with E-state index >= 15 is 0 Å². The number of pyridine rings is 1. The third-order valence-electron chi connectivity index (χ3n) is 8.14. The molecule has 1 aliphatic rings. The van der Waals surface area contributed by atoms with Crippen molar-refractivity contribution in [3.63, 3.8) is 0 Å². The van der Waals surface area contributed by atoms with Gasteiger partial charge in [-0.3, -0.25) is 4.79 Å². The summed E-state index contributed by atoms with van der Waals surface area (Å²) in [5.74, 6) is 0.547. The second-order valence-corrected chi connectivity index (χ2v) is 10.9. The van der Waals surface area contributed by atoms with Crippen molar-refractivity contribution in [2.75, 3.05) is 0 Å². The first-order valence-corrected chi connectivity index (χ1v) is 14.0. The third kappa shape index (κ3) is 5.76. The molecule has 1 radical (unpaired) electrons. The Labute approximate surface area is 246 Å². The van der Waals surface area contributed by atoms with Crippen molar-refractivity contribution in [2.45, 2.75) is 79.6 Å². The predicted octanol–water partition coefficient (Wildman–Crippen LogP) is 9.26. The second-order valence-electron chi connectivity index (χ2n) is 10.9. The summed E-state index contributed by atoms with van der Waals surface area (Å²) in [5, 5.41) is 12.1. The monoisotopic (exact) mass is 703 g/mol. The summed E-state index contributed by atoms with van der Waals surface area (Å²) in [5.41, 5.74) is 7.51. The van der Waals surface area contributed by atoms with Crippen LogP contribution in [-0.4, -0.2) is 15.9 Å². The summed E-state index contributed by atoms with van der Waals surface area (Å²) in [7, 11) is 0. The molecule has 4 nitrogen and oxygen atoms in total. The van der Waals surface area contributed by atoms with Crippen molar-refractivity contribution in [3.8, 4) is 11.3 Å². The average molecular weight is 703 g/mol. The molecule has 0 amide bonds. The van der Waals surface area contributed by atoms with Crippen molar-refractivity contribution in [1.82, 2.24) is 4.98 Å². The molecule has 4 aromatic rings. The molecule has 39 heavy (non-hydrogen) atoms. The average Bonchev–Trinajstić information content (AvgIpc) is 3.26. The van der Waals surface area contributed by atoms with Crippen LogP contribution in [0.4, 0.5) is 0 Å². The molecular formula is C34H40IrNO3-. The second kappa shape index (κ2) is 12.6. The van der Waals surface area contributed by atoms with Gasteiger partial charge in [-0.2, -0.15) is 0 Å². The van der Waals surface area contributed by atoms with E-state index in [1.165, 1.54) is 28.2 Å². The minimum atomic E-state index is -0.141. The number of aromatic nitrogens is 1. The number of fused-ring (bicyclic) bond motifs is 2. The Hall–Kier alpha value is -2.75. The van der Waals surface area contributed by atoms with E-state index in [0.29, 0.717) is 0 Å². The number of hydrogen-bond acceptors (Lipinski definition) is 4. The largest absolute Gasteiger partial charge is 0.512 e. The Kier molecular flexibility index (Phi) is 9.96. The fraction of sp³-hybridized carbons (Fsp3) is 0.412. The molecule has 209 valence electrons. The van der Waals surface area contributed by atoms with Crippen molar-refractivity contribution in [1.29, 1.82) is 0 Å². The molecule has 0 atom stereocenters. The minimum Gasteiger partial charge on any atom is -0.512 e. The first-order chi connectivity index (χ1) is 18.2. The van der Waals surface area contributed by atoms with Gasteiger partial charge in [-0.25, -0.2) is 0 Å². The van der Waals surface area contributed by atoms with Gasteiger partial charge in [0.2, 0.25) is 0 Å². The molecule has 2 aromatic heterocycles. The van der Waals surface area contributed by atoms with Gasteiger partial charge in [-0.15, -0.1) is 17.7 Å². The van der Waals surface area contributed by atoms with Gasteiger partial charge in [-0.1, -0.05) is 76.8 Å². The van der Waals surface area contributed by atoms with E-state index < -0.39 is 0 Å². The zero-order valence-corrected chi connectivity index (χ0v) is 26.5. The van der Waals surface area contributed by atoms with Crippen LogP contribution in [0.5, 0.6) is 0 Å². The molecule has 0 saturated heterocycles. The van der Waals surface area contributed by atoms with Crippen molar-refractivity contribution >= 4 is 27.7 Å². The standard InChI is InChI=1S/C21H16NO.C13H24O2.Ir/c1-12-10-15-20(22-11-12)13-6-4-8-16-18(13)19-14(21(15,2)3)7-5-9-17(19)23-16;1-5-10(6-2)12(14)9-13(15)11(7-3)8-4;/h4-5,7-11H,1-3H3;9-11,14H,5-8H2,1-4H3;/q-1;;/b;12-9-;. The molecule has 0 unspecified atom stereocenters. The Balaban J connectivity index is 0.000000233. The normalized spacial score (nSPS) is 13.7. The van der Waals surface area contributed by atoms with Gasteiger partial charge in [0, 0.05) is 49.6 Å². The number of nitrogens with zero attached hydrogens (tertiary/aromatic N) is 1. The summed E-state index contributed by atoms with van der Waals surface area (Å²) in [6.07, 6.45) is 6.85. The smallest absolute Gasteiger partial charge is 0.162 e. The Morgan fingerprint density at radius 2 is 1.64 bits per heavy atom. The number of aryl methyl sites for hydroxylation is 1. The van der Waals surface area contributed by atoms with Crippen LogP contribution in [0.2, 0.25) is 0 Å². The molecule has 2 heterocycles. The number of ketones is 1. The zero-order chi connectivity index (χ0) is 27.6. The van der Waals surface area contributed by atoms with Gasteiger partial charge in [0.05, 0.1) is 11.3 Å². The third-order valence-corrected chi connectivity index (χ3v) is 8.14. The summed E-state index contributed by atoms with van der Waals surface area (Å²) >= 11 is 0. The maximum Gasteiger partial charge on any atom is 0.162 e. The van der Waals surface area contributed by atoms with Gasteiger partial charge in [0.1, 0.15) is 5.58 Å². The summed E-state index contributed by atoms with van der Waals surface area (Å²) < 4.78 is 6.09. The van der Waals surface area contributed by atoms with Crippen LogP contribution in [0.25, 0.3) is 33.2 Å².